The number of amides is 2. The normalized spacial score (nSPS) is 12.4. The number of aryl methyl sites for hydroxylation is 1. The molecule has 0 fully saturated rings. The fraction of sp³-hybridized carbons (Fsp3) is 0.231. The Hall–Kier alpha value is -3.67. The number of methoxy groups -OCH3 is 1. The van der Waals surface area contributed by atoms with Gasteiger partial charge >= 0.3 is 0 Å². The van der Waals surface area contributed by atoms with E-state index in [1.807, 2.05) is 42.5 Å². The van der Waals surface area contributed by atoms with Crippen molar-refractivity contribution < 1.29 is 18.7 Å². The fourth-order valence-corrected chi connectivity index (χ4v) is 3.86. The van der Waals surface area contributed by atoms with Gasteiger partial charge in [0.25, 0.3) is 5.91 Å². The van der Waals surface area contributed by atoms with Gasteiger partial charge in [0, 0.05) is 30.8 Å². The quantitative estimate of drug-likeness (QED) is 0.606. The molecule has 2 amide bonds. The number of ether oxygens (including phenoxy) is 1. The van der Waals surface area contributed by atoms with Crippen LogP contribution in [0.15, 0.2) is 66.7 Å². The van der Waals surface area contributed by atoms with E-state index >= 15 is 0 Å². The Labute approximate surface area is 186 Å². The van der Waals surface area contributed by atoms with Gasteiger partial charge in [0.15, 0.2) is 0 Å². The lowest BCUT2D eigenvalue weighted by molar-refractivity contribution is -0.121. The molecule has 3 aromatic carbocycles. The molecule has 0 saturated carbocycles. The van der Waals surface area contributed by atoms with Crippen LogP contribution >= 0.6 is 0 Å². The third kappa shape index (κ3) is 4.97. The Morgan fingerprint density at radius 2 is 1.72 bits per heavy atom. The summed E-state index contributed by atoms with van der Waals surface area (Å²) in [5, 5.41) is 2.97. The number of nitrogens with one attached hydrogen (secondary N) is 1. The average Bonchev–Trinajstić information content (AvgIpc) is 3.25. The maximum absolute atomic E-state index is 13.1. The predicted molar refractivity (Wildman–Crippen MR) is 121 cm³/mol. The van der Waals surface area contributed by atoms with Gasteiger partial charge in [-0.1, -0.05) is 24.3 Å². The van der Waals surface area contributed by atoms with E-state index in [0.717, 1.165) is 34.5 Å². The molecule has 0 unspecified atom stereocenters. The van der Waals surface area contributed by atoms with Crippen LogP contribution in [0.3, 0.4) is 0 Å². The third-order valence-corrected chi connectivity index (χ3v) is 5.67. The topological polar surface area (TPSA) is 58.6 Å². The van der Waals surface area contributed by atoms with Crippen molar-refractivity contribution in [1.82, 2.24) is 5.32 Å². The number of carbonyl (C=O) groups is 2. The van der Waals surface area contributed by atoms with Gasteiger partial charge in [-0.25, -0.2) is 4.39 Å². The third-order valence-electron chi connectivity index (χ3n) is 5.67. The van der Waals surface area contributed by atoms with Crippen LogP contribution in [0, 0.1) is 5.82 Å². The van der Waals surface area contributed by atoms with Crippen molar-refractivity contribution in [1.29, 1.82) is 0 Å². The van der Waals surface area contributed by atoms with Crippen molar-refractivity contribution in [2.45, 2.75) is 25.8 Å². The van der Waals surface area contributed by atoms with Crippen LogP contribution in [-0.4, -0.2) is 25.5 Å². The first-order valence-corrected chi connectivity index (χ1v) is 10.6. The van der Waals surface area contributed by atoms with E-state index in [4.69, 9.17) is 4.74 Å². The molecule has 6 heteroatoms. The molecule has 1 N–H and O–H groups in total. The minimum Gasteiger partial charge on any atom is -0.497 e. The van der Waals surface area contributed by atoms with Crippen LogP contribution in [-0.2, 0) is 24.2 Å². The van der Waals surface area contributed by atoms with E-state index in [1.54, 1.807) is 12.0 Å². The second-order valence-electron chi connectivity index (χ2n) is 7.80. The van der Waals surface area contributed by atoms with Crippen LogP contribution < -0.4 is 15.0 Å². The number of anilines is 1. The molecular weight excluding hydrogens is 407 g/mol. The molecule has 0 aliphatic carbocycles. The predicted octanol–water partition coefficient (Wildman–Crippen LogP) is 4.29. The molecule has 0 aromatic heterocycles. The molecule has 0 spiro atoms. The molecule has 0 bridgehead atoms. The summed E-state index contributed by atoms with van der Waals surface area (Å²) in [4.78, 5) is 26.8. The number of carbonyl (C=O) groups excluding carboxylic acids is 2. The number of halogens is 1. The van der Waals surface area contributed by atoms with E-state index < -0.39 is 0 Å². The van der Waals surface area contributed by atoms with Crippen molar-refractivity contribution in [2.24, 2.45) is 0 Å². The van der Waals surface area contributed by atoms with Gasteiger partial charge < -0.3 is 15.0 Å². The largest absolute Gasteiger partial charge is 0.497 e. The maximum atomic E-state index is 13.1. The summed E-state index contributed by atoms with van der Waals surface area (Å²) in [6.07, 6.45) is 1.83. The van der Waals surface area contributed by atoms with Gasteiger partial charge in [0.1, 0.15) is 11.6 Å². The highest BCUT2D eigenvalue weighted by molar-refractivity contribution is 6.07. The van der Waals surface area contributed by atoms with Crippen molar-refractivity contribution in [3.8, 4) is 5.75 Å². The summed E-state index contributed by atoms with van der Waals surface area (Å²) >= 11 is 0. The summed E-state index contributed by atoms with van der Waals surface area (Å²) in [6.45, 7) is 1.03. The Morgan fingerprint density at radius 1 is 1.00 bits per heavy atom. The maximum Gasteiger partial charge on any atom is 0.258 e. The molecule has 164 valence electrons. The first kappa shape index (κ1) is 21.6. The number of hydrogen-bond donors (Lipinski definition) is 1. The lowest BCUT2D eigenvalue weighted by Crippen LogP contribution is -2.28. The number of nitrogens with zero attached hydrogens (tertiary/aromatic N) is 1. The minimum atomic E-state index is -0.362. The monoisotopic (exact) mass is 432 g/mol. The van der Waals surface area contributed by atoms with Crippen molar-refractivity contribution in [3.05, 3.63) is 94.8 Å². The second kappa shape index (κ2) is 9.64. The number of rotatable bonds is 7. The van der Waals surface area contributed by atoms with Gasteiger partial charge in [-0.2, -0.15) is 0 Å². The van der Waals surface area contributed by atoms with Gasteiger partial charge in [0.2, 0.25) is 5.91 Å². The van der Waals surface area contributed by atoms with E-state index in [0.29, 0.717) is 31.5 Å². The van der Waals surface area contributed by atoms with Gasteiger partial charge in [0.05, 0.1) is 7.11 Å². The highest BCUT2D eigenvalue weighted by Crippen LogP contribution is 2.30. The molecule has 3 aromatic rings. The zero-order chi connectivity index (χ0) is 22.5. The molecular formula is C26H25FN2O3. The lowest BCUT2D eigenvalue weighted by atomic mass is 10.1. The molecule has 1 heterocycles. The molecule has 1 aliphatic heterocycles. The summed E-state index contributed by atoms with van der Waals surface area (Å²) in [5.74, 6) is 0.296. The molecule has 0 atom stereocenters. The summed E-state index contributed by atoms with van der Waals surface area (Å²) < 4.78 is 18.3. The fourth-order valence-electron chi connectivity index (χ4n) is 3.86. The van der Waals surface area contributed by atoms with E-state index in [-0.39, 0.29) is 17.6 Å². The number of fused-ring (bicyclic) bond motifs is 1. The Morgan fingerprint density at radius 3 is 2.44 bits per heavy atom. The minimum absolute atomic E-state index is 0.00516. The van der Waals surface area contributed by atoms with Crippen LogP contribution in [0.2, 0.25) is 0 Å². The summed E-state index contributed by atoms with van der Waals surface area (Å²) in [5.41, 5.74) is 4.49. The van der Waals surface area contributed by atoms with Crippen molar-refractivity contribution in [2.75, 3.05) is 18.6 Å². The molecule has 0 radical (unpaired) electrons. The zero-order valence-corrected chi connectivity index (χ0v) is 17.9. The Kier molecular flexibility index (Phi) is 6.50. The lowest BCUT2D eigenvalue weighted by Gasteiger charge is -2.18. The van der Waals surface area contributed by atoms with Crippen molar-refractivity contribution >= 4 is 17.5 Å². The van der Waals surface area contributed by atoms with E-state index in [2.05, 4.69) is 5.32 Å². The van der Waals surface area contributed by atoms with E-state index in [1.165, 1.54) is 24.3 Å². The molecule has 32 heavy (non-hydrogen) atoms. The SMILES string of the molecule is COc1ccc(CCC(=O)NCc2ccc3c(c2)CCN3C(=O)c2ccc(F)cc2)cc1. The Balaban J connectivity index is 1.31. The second-order valence-corrected chi connectivity index (χ2v) is 7.80. The van der Waals surface area contributed by atoms with Crippen LogP contribution in [0.4, 0.5) is 10.1 Å². The highest BCUT2D eigenvalue weighted by Gasteiger charge is 2.25. The first-order valence-electron chi connectivity index (χ1n) is 10.6. The van der Waals surface area contributed by atoms with Crippen LogP contribution in [0.5, 0.6) is 5.75 Å². The summed E-state index contributed by atoms with van der Waals surface area (Å²) in [6, 6.07) is 19.2. The zero-order valence-electron chi connectivity index (χ0n) is 17.9. The number of benzene rings is 3. The number of hydrogen-bond acceptors (Lipinski definition) is 3. The molecule has 1 aliphatic rings. The molecule has 0 saturated heterocycles. The molecule has 4 rings (SSSR count). The Bertz CT molecular complexity index is 1110. The van der Waals surface area contributed by atoms with Crippen molar-refractivity contribution in [3.63, 3.8) is 0 Å². The standard InChI is InChI=1S/C26H25FN2O3/c1-32-23-10-2-18(3-11-23)5-13-25(30)28-17-19-4-12-24-21(16-19)14-15-29(24)26(31)20-6-8-22(27)9-7-20/h2-4,6-12,16H,5,13-15,17H2,1H3,(H,28,30). The average molecular weight is 432 g/mol. The van der Waals surface area contributed by atoms with Crippen LogP contribution in [0.1, 0.15) is 33.5 Å². The highest BCUT2D eigenvalue weighted by atomic mass is 19.1. The van der Waals surface area contributed by atoms with Gasteiger partial charge in [-0.3, -0.25) is 9.59 Å². The smallest absolute Gasteiger partial charge is 0.258 e. The van der Waals surface area contributed by atoms with Crippen LogP contribution in [0.25, 0.3) is 0 Å². The molecule has 5 nitrogen and oxygen atoms in total. The van der Waals surface area contributed by atoms with E-state index in [9.17, 15) is 14.0 Å². The summed E-state index contributed by atoms with van der Waals surface area (Å²) in [7, 11) is 1.63. The first-order chi connectivity index (χ1) is 15.5. The van der Waals surface area contributed by atoms with Gasteiger partial charge in [-0.05, 0) is 72.0 Å². The van der Waals surface area contributed by atoms with Gasteiger partial charge in [-0.15, -0.1) is 0 Å².